The average molecular weight is 381 g/mol. The van der Waals surface area contributed by atoms with Gasteiger partial charge in [-0.25, -0.2) is 4.98 Å². The number of nitrogens with zero attached hydrogens (tertiary/aromatic N) is 1. The summed E-state index contributed by atoms with van der Waals surface area (Å²) in [7, 11) is 0. The molecule has 0 saturated carbocycles. The summed E-state index contributed by atoms with van der Waals surface area (Å²) >= 11 is 1.51. The Morgan fingerprint density at radius 2 is 1.85 bits per heavy atom. The predicted molar refractivity (Wildman–Crippen MR) is 112 cm³/mol. The number of nitrogens with one attached hydrogen (secondary N) is 1. The first-order valence-corrected chi connectivity index (χ1v) is 9.87. The van der Waals surface area contributed by atoms with E-state index in [0.717, 1.165) is 21.9 Å². The van der Waals surface area contributed by atoms with Gasteiger partial charge in [-0.05, 0) is 56.5 Å². The molecule has 0 fully saturated rings. The van der Waals surface area contributed by atoms with Crippen LogP contribution in [0.1, 0.15) is 28.8 Å². The molecule has 0 bridgehead atoms. The minimum atomic E-state index is -0.0351. The van der Waals surface area contributed by atoms with Crippen LogP contribution in [0, 0.1) is 20.8 Å². The smallest absolute Gasteiger partial charge is 0.226 e. The van der Waals surface area contributed by atoms with Gasteiger partial charge in [-0.15, -0.1) is 11.3 Å². The molecule has 4 nitrogen and oxygen atoms in total. The van der Waals surface area contributed by atoms with E-state index in [1.807, 2.05) is 37.3 Å². The van der Waals surface area contributed by atoms with Gasteiger partial charge >= 0.3 is 0 Å². The van der Waals surface area contributed by atoms with E-state index < -0.39 is 0 Å². The van der Waals surface area contributed by atoms with Crippen LogP contribution >= 0.6 is 11.3 Å². The highest BCUT2D eigenvalue weighted by atomic mass is 32.1. The molecule has 1 heterocycles. The molecular formula is C22H24N2O2S. The molecule has 0 aliphatic rings. The first-order valence-electron chi connectivity index (χ1n) is 9.05. The van der Waals surface area contributed by atoms with Gasteiger partial charge in [-0.2, -0.15) is 0 Å². The van der Waals surface area contributed by atoms with Gasteiger partial charge in [0.15, 0.2) is 5.13 Å². The van der Waals surface area contributed by atoms with Gasteiger partial charge < -0.3 is 10.1 Å². The maximum absolute atomic E-state index is 12.2. The van der Waals surface area contributed by atoms with E-state index in [4.69, 9.17) is 4.74 Å². The molecule has 3 rings (SSSR count). The number of anilines is 1. The zero-order valence-electron chi connectivity index (χ0n) is 15.9. The molecule has 0 spiro atoms. The highest BCUT2D eigenvalue weighted by molar-refractivity contribution is 7.16. The van der Waals surface area contributed by atoms with Gasteiger partial charge in [0.25, 0.3) is 0 Å². The maximum atomic E-state index is 12.2. The van der Waals surface area contributed by atoms with E-state index in [2.05, 4.69) is 42.3 Å². The standard InChI is InChI=1S/C22H24N2O2S/c1-15-11-12-18(14-16(15)2)21-17(3)27-22(24-21)23-20(25)10-7-13-26-19-8-5-4-6-9-19/h4-6,8-9,11-12,14H,7,10,13H2,1-3H3,(H,23,24,25). The number of para-hydroxylation sites is 1. The number of ether oxygens (including phenoxy) is 1. The van der Waals surface area contributed by atoms with E-state index in [9.17, 15) is 4.79 Å². The Hall–Kier alpha value is -2.66. The summed E-state index contributed by atoms with van der Waals surface area (Å²) in [5.74, 6) is 0.790. The van der Waals surface area contributed by atoms with Gasteiger partial charge in [0.2, 0.25) is 5.91 Å². The van der Waals surface area contributed by atoms with Crippen molar-refractivity contribution in [3.63, 3.8) is 0 Å². The van der Waals surface area contributed by atoms with Crippen molar-refractivity contribution in [2.45, 2.75) is 33.6 Å². The summed E-state index contributed by atoms with van der Waals surface area (Å²) in [4.78, 5) is 17.9. The number of benzene rings is 2. The lowest BCUT2D eigenvalue weighted by Gasteiger charge is -2.05. The van der Waals surface area contributed by atoms with Crippen LogP contribution in [0.2, 0.25) is 0 Å². The zero-order valence-corrected chi connectivity index (χ0v) is 16.7. The molecule has 0 atom stereocenters. The highest BCUT2D eigenvalue weighted by Crippen LogP contribution is 2.31. The molecule has 140 valence electrons. The van der Waals surface area contributed by atoms with Crippen molar-refractivity contribution >= 4 is 22.4 Å². The number of amides is 1. The molecular weight excluding hydrogens is 356 g/mol. The number of hydrogen-bond acceptors (Lipinski definition) is 4. The molecule has 0 unspecified atom stereocenters. The van der Waals surface area contributed by atoms with Gasteiger partial charge in [-0.1, -0.05) is 30.3 Å². The van der Waals surface area contributed by atoms with Crippen LogP contribution in [0.3, 0.4) is 0 Å². The predicted octanol–water partition coefficient (Wildman–Crippen LogP) is 5.53. The van der Waals surface area contributed by atoms with Crippen LogP contribution < -0.4 is 10.1 Å². The molecule has 3 aromatic rings. The third-order valence-corrected chi connectivity index (χ3v) is 5.27. The second-order valence-electron chi connectivity index (χ2n) is 6.54. The summed E-state index contributed by atoms with van der Waals surface area (Å²) in [6.45, 7) is 6.74. The topological polar surface area (TPSA) is 51.2 Å². The maximum Gasteiger partial charge on any atom is 0.226 e. The van der Waals surface area contributed by atoms with Gasteiger partial charge in [-0.3, -0.25) is 4.79 Å². The summed E-state index contributed by atoms with van der Waals surface area (Å²) in [6, 6.07) is 16.0. The van der Waals surface area contributed by atoms with Crippen LogP contribution in [-0.4, -0.2) is 17.5 Å². The van der Waals surface area contributed by atoms with Gasteiger partial charge in [0.1, 0.15) is 5.75 Å². The summed E-state index contributed by atoms with van der Waals surface area (Å²) in [5.41, 5.74) is 4.52. The monoisotopic (exact) mass is 380 g/mol. The summed E-state index contributed by atoms with van der Waals surface area (Å²) in [6.07, 6.45) is 1.07. The van der Waals surface area contributed by atoms with Crippen molar-refractivity contribution in [3.05, 3.63) is 64.5 Å². The zero-order chi connectivity index (χ0) is 19.2. The number of carbonyl (C=O) groups excluding carboxylic acids is 1. The number of aryl methyl sites for hydroxylation is 3. The Kier molecular flexibility index (Phi) is 6.24. The van der Waals surface area contributed by atoms with E-state index in [1.165, 1.54) is 22.5 Å². The number of thiazole rings is 1. The van der Waals surface area contributed by atoms with Crippen LogP contribution in [0.15, 0.2) is 48.5 Å². The van der Waals surface area contributed by atoms with E-state index in [-0.39, 0.29) is 5.91 Å². The first-order chi connectivity index (χ1) is 13.0. The Balaban J connectivity index is 1.53. The Morgan fingerprint density at radius 1 is 1.07 bits per heavy atom. The van der Waals surface area contributed by atoms with E-state index >= 15 is 0 Å². The Labute approximate surface area is 164 Å². The van der Waals surface area contributed by atoms with Crippen molar-refractivity contribution < 1.29 is 9.53 Å². The van der Waals surface area contributed by atoms with Gasteiger partial charge in [0, 0.05) is 16.9 Å². The molecule has 0 aliphatic carbocycles. The van der Waals surface area contributed by atoms with Crippen LogP contribution in [0.5, 0.6) is 5.75 Å². The molecule has 1 aromatic heterocycles. The van der Waals surface area contributed by atoms with Crippen molar-refractivity contribution in [1.29, 1.82) is 0 Å². The summed E-state index contributed by atoms with van der Waals surface area (Å²) in [5, 5.41) is 3.56. The Bertz CT molecular complexity index is 919. The van der Waals surface area contributed by atoms with Crippen LogP contribution in [-0.2, 0) is 4.79 Å². The lowest BCUT2D eigenvalue weighted by molar-refractivity contribution is -0.116. The fourth-order valence-corrected chi connectivity index (χ4v) is 3.58. The van der Waals surface area contributed by atoms with Gasteiger partial charge in [0.05, 0.1) is 12.3 Å². The summed E-state index contributed by atoms with van der Waals surface area (Å²) < 4.78 is 5.62. The molecule has 5 heteroatoms. The molecule has 2 aromatic carbocycles. The van der Waals surface area contributed by atoms with Crippen LogP contribution in [0.4, 0.5) is 5.13 Å². The van der Waals surface area contributed by atoms with Crippen molar-refractivity contribution in [2.75, 3.05) is 11.9 Å². The largest absolute Gasteiger partial charge is 0.494 e. The number of hydrogen-bond donors (Lipinski definition) is 1. The second kappa shape index (κ2) is 8.82. The third-order valence-electron chi connectivity index (χ3n) is 4.38. The van der Waals surface area contributed by atoms with Crippen molar-refractivity contribution in [2.24, 2.45) is 0 Å². The number of carbonyl (C=O) groups is 1. The quantitative estimate of drug-likeness (QED) is 0.548. The second-order valence-corrected chi connectivity index (χ2v) is 7.74. The molecule has 1 N–H and O–H groups in total. The molecule has 0 saturated heterocycles. The fraction of sp³-hybridized carbons (Fsp3) is 0.273. The average Bonchev–Trinajstić information content (AvgIpc) is 3.02. The lowest BCUT2D eigenvalue weighted by atomic mass is 10.0. The molecule has 0 radical (unpaired) electrons. The lowest BCUT2D eigenvalue weighted by Crippen LogP contribution is -2.12. The number of rotatable bonds is 7. The van der Waals surface area contributed by atoms with Crippen molar-refractivity contribution in [3.8, 4) is 17.0 Å². The highest BCUT2D eigenvalue weighted by Gasteiger charge is 2.12. The van der Waals surface area contributed by atoms with E-state index in [0.29, 0.717) is 24.6 Å². The van der Waals surface area contributed by atoms with Crippen molar-refractivity contribution in [1.82, 2.24) is 4.98 Å². The first kappa shape index (κ1) is 19.1. The SMILES string of the molecule is Cc1ccc(-c2nc(NC(=O)CCCOc3ccccc3)sc2C)cc1C. The normalized spacial score (nSPS) is 10.6. The van der Waals surface area contributed by atoms with E-state index in [1.54, 1.807) is 0 Å². The number of aromatic nitrogens is 1. The third kappa shape index (κ3) is 5.17. The minimum absolute atomic E-state index is 0.0351. The molecule has 27 heavy (non-hydrogen) atoms. The molecule has 1 amide bonds. The fourth-order valence-electron chi connectivity index (χ4n) is 2.73. The minimum Gasteiger partial charge on any atom is -0.494 e. The van der Waals surface area contributed by atoms with Crippen LogP contribution in [0.25, 0.3) is 11.3 Å². The molecule has 0 aliphatic heterocycles. The Morgan fingerprint density at radius 3 is 2.59 bits per heavy atom.